The lowest BCUT2D eigenvalue weighted by molar-refractivity contribution is 0.469. The van der Waals surface area contributed by atoms with Gasteiger partial charge in [-0.2, -0.15) is 0 Å². The molecule has 2 rings (SSSR count). The molecule has 5 heteroatoms. The van der Waals surface area contributed by atoms with Gasteiger partial charge in [0.05, 0.1) is 15.7 Å². The lowest BCUT2D eigenvalue weighted by Gasteiger charge is -2.12. The minimum absolute atomic E-state index is 0.235. The number of aryl methyl sites for hydroxylation is 1. The van der Waals surface area contributed by atoms with E-state index in [4.69, 9.17) is 34.8 Å². The van der Waals surface area contributed by atoms with E-state index in [1.54, 1.807) is 18.2 Å². The molecule has 0 bridgehead atoms. The SMILES string of the molecule is Cc1ccc(O)c(CNc2c(Cl)cc(Cl)cc2Cl)c1. The molecule has 19 heavy (non-hydrogen) atoms. The molecule has 0 spiro atoms. The third kappa shape index (κ3) is 3.47. The number of rotatable bonds is 3. The van der Waals surface area contributed by atoms with Gasteiger partial charge in [-0.1, -0.05) is 52.5 Å². The van der Waals surface area contributed by atoms with Gasteiger partial charge < -0.3 is 10.4 Å². The van der Waals surface area contributed by atoms with Crippen molar-refractivity contribution in [2.45, 2.75) is 13.5 Å². The summed E-state index contributed by atoms with van der Waals surface area (Å²) in [6.07, 6.45) is 0. The van der Waals surface area contributed by atoms with E-state index in [1.165, 1.54) is 0 Å². The van der Waals surface area contributed by atoms with E-state index in [0.29, 0.717) is 27.3 Å². The molecule has 100 valence electrons. The maximum absolute atomic E-state index is 9.77. The minimum atomic E-state index is 0.235. The second-order valence-electron chi connectivity index (χ2n) is 4.23. The molecule has 0 aliphatic rings. The minimum Gasteiger partial charge on any atom is -0.508 e. The quantitative estimate of drug-likeness (QED) is 0.808. The third-order valence-electron chi connectivity index (χ3n) is 2.70. The summed E-state index contributed by atoms with van der Waals surface area (Å²) >= 11 is 18.0. The number of halogens is 3. The van der Waals surface area contributed by atoms with Crippen molar-refractivity contribution in [1.82, 2.24) is 0 Å². The first kappa shape index (κ1) is 14.3. The zero-order valence-corrected chi connectivity index (χ0v) is 12.4. The highest BCUT2D eigenvalue weighted by Gasteiger charge is 2.08. The molecule has 0 aliphatic carbocycles. The molecule has 0 amide bonds. The molecule has 0 aromatic heterocycles. The van der Waals surface area contributed by atoms with Crippen LogP contribution in [0.25, 0.3) is 0 Å². The topological polar surface area (TPSA) is 32.3 Å². The third-order valence-corrected chi connectivity index (χ3v) is 3.51. The van der Waals surface area contributed by atoms with Crippen molar-refractivity contribution in [2.24, 2.45) is 0 Å². The van der Waals surface area contributed by atoms with Crippen LogP contribution in [-0.2, 0) is 6.54 Å². The van der Waals surface area contributed by atoms with Crippen LogP contribution in [0, 0.1) is 6.92 Å². The highest BCUT2D eigenvalue weighted by atomic mass is 35.5. The molecule has 2 nitrogen and oxygen atoms in total. The Morgan fingerprint density at radius 2 is 1.68 bits per heavy atom. The first-order valence-corrected chi connectivity index (χ1v) is 6.77. The number of benzene rings is 2. The zero-order chi connectivity index (χ0) is 14.0. The molecule has 2 aromatic carbocycles. The summed E-state index contributed by atoms with van der Waals surface area (Å²) in [4.78, 5) is 0. The summed E-state index contributed by atoms with van der Waals surface area (Å²) in [6, 6.07) is 8.65. The Kier molecular flexibility index (Phi) is 4.46. The number of nitrogens with one attached hydrogen (secondary N) is 1. The van der Waals surface area contributed by atoms with Gasteiger partial charge in [0.1, 0.15) is 5.75 Å². The molecule has 0 saturated carbocycles. The number of hydrogen-bond donors (Lipinski definition) is 2. The summed E-state index contributed by atoms with van der Waals surface area (Å²) < 4.78 is 0. The van der Waals surface area contributed by atoms with Crippen molar-refractivity contribution in [3.8, 4) is 5.75 Å². The van der Waals surface area contributed by atoms with E-state index in [-0.39, 0.29) is 5.75 Å². The number of phenolic OH excluding ortho intramolecular Hbond substituents is 1. The fraction of sp³-hybridized carbons (Fsp3) is 0.143. The average Bonchev–Trinajstić information content (AvgIpc) is 2.32. The Hall–Kier alpha value is -1.09. The Labute approximate surface area is 126 Å². The second-order valence-corrected chi connectivity index (χ2v) is 5.48. The van der Waals surface area contributed by atoms with Gasteiger partial charge in [0.2, 0.25) is 0 Å². The molecule has 0 aliphatic heterocycles. The van der Waals surface area contributed by atoms with Gasteiger partial charge in [0.25, 0.3) is 0 Å². The van der Waals surface area contributed by atoms with E-state index in [1.807, 2.05) is 19.1 Å². The van der Waals surface area contributed by atoms with Crippen LogP contribution in [0.4, 0.5) is 5.69 Å². The maximum Gasteiger partial charge on any atom is 0.120 e. The number of hydrogen-bond acceptors (Lipinski definition) is 2. The standard InChI is InChI=1S/C14H12Cl3NO/c1-8-2-3-13(19)9(4-8)7-18-14-11(16)5-10(15)6-12(14)17/h2-6,18-19H,7H2,1H3. The molecule has 0 unspecified atom stereocenters. The van der Waals surface area contributed by atoms with E-state index >= 15 is 0 Å². The fourth-order valence-corrected chi connectivity index (χ4v) is 2.70. The molecule has 0 saturated heterocycles. The number of phenols is 1. The summed E-state index contributed by atoms with van der Waals surface area (Å²) in [5.74, 6) is 0.235. The number of aromatic hydroxyl groups is 1. The van der Waals surface area contributed by atoms with Crippen LogP contribution in [0.5, 0.6) is 5.75 Å². The van der Waals surface area contributed by atoms with Gasteiger partial charge >= 0.3 is 0 Å². The molecule has 0 fully saturated rings. The Morgan fingerprint density at radius 1 is 1.05 bits per heavy atom. The fourth-order valence-electron chi connectivity index (χ4n) is 1.75. The van der Waals surface area contributed by atoms with Gasteiger partial charge in [-0.25, -0.2) is 0 Å². The lowest BCUT2D eigenvalue weighted by Crippen LogP contribution is -2.01. The van der Waals surface area contributed by atoms with Gasteiger partial charge in [-0.05, 0) is 25.1 Å². The van der Waals surface area contributed by atoms with Crippen LogP contribution in [0.1, 0.15) is 11.1 Å². The molecule has 2 N–H and O–H groups in total. The van der Waals surface area contributed by atoms with Crippen molar-refractivity contribution < 1.29 is 5.11 Å². The summed E-state index contributed by atoms with van der Waals surface area (Å²) in [5.41, 5.74) is 2.46. The largest absolute Gasteiger partial charge is 0.508 e. The predicted octanol–water partition coefficient (Wildman–Crippen LogP) is 5.27. The molecule has 0 atom stereocenters. The van der Waals surface area contributed by atoms with Crippen molar-refractivity contribution in [1.29, 1.82) is 0 Å². The van der Waals surface area contributed by atoms with E-state index in [2.05, 4.69) is 5.32 Å². The first-order chi connectivity index (χ1) is 8.97. The van der Waals surface area contributed by atoms with E-state index < -0.39 is 0 Å². The normalized spacial score (nSPS) is 10.5. The van der Waals surface area contributed by atoms with Gasteiger partial charge in [-0.15, -0.1) is 0 Å². The summed E-state index contributed by atoms with van der Waals surface area (Å²) in [6.45, 7) is 2.39. The highest BCUT2D eigenvalue weighted by Crippen LogP contribution is 2.34. The second kappa shape index (κ2) is 5.91. The Bertz CT molecular complexity index is 591. The summed E-state index contributed by atoms with van der Waals surface area (Å²) in [5, 5.41) is 14.3. The van der Waals surface area contributed by atoms with Gasteiger partial charge in [0, 0.05) is 17.1 Å². The molecular formula is C14H12Cl3NO. The van der Waals surface area contributed by atoms with Crippen LogP contribution in [0.2, 0.25) is 15.1 Å². The summed E-state index contributed by atoms with van der Waals surface area (Å²) in [7, 11) is 0. The average molecular weight is 317 g/mol. The van der Waals surface area contributed by atoms with E-state index in [0.717, 1.165) is 11.1 Å². The zero-order valence-electron chi connectivity index (χ0n) is 10.2. The van der Waals surface area contributed by atoms with Crippen LogP contribution in [0.15, 0.2) is 30.3 Å². The Morgan fingerprint density at radius 3 is 2.32 bits per heavy atom. The molecular weight excluding hydrogens is 305 g/mol. The molecule has 2 aromatic rings. The van der Waals surface area contributed by atoms with Crippen molar-refractivity contribution >= 4 is 40.5 Å². The van der Waals surface area contributed by atoms with Crippen molar-refractivity contribution in [2.75, 3.05) is 5.32 Å². The highest BCUT2D eigenvalue weighted by molar-refractivity contribution is 6.41. The number of anilines is 1. The van der Waals surface area contributed by atoms with Crippen LogP contribution >= 0.6 is 34.8 Å². The monoisotopic (exact) mass is 315 g/mol. The van der Waals surface area contributed by atoms with Crippen LogP contribution in [0.3, 0.4) is 0 Å². The Balaban J connectivity index is 2.21. The first-order valence-electron chi connectivity index (χ1n) is 5.64. The smallest absolute Gasteiger partial charge is 0.120 e. The van der Waals surface area contributed by atoms with Gasteiger partial charge in [0.15, 0.2) is 0 Å². The van der Waals surface area contributed by atoms with Crippen LogP contribution < -0.4 is 5.32 Å². The van der Waals surface area contributed by atoms with Crippen molar-refractivity contribution in [3.63, 3.8) is 0 Å². The maximum atomic E-state index is 9.77. The molecule has 0 heterocycles. The lowest BCUT2D eigenvalue weighted by atomic mass is 10.1. The van der Waals surface area contributed by atoms with Crippen LogP contribution in [-0.4, -0.2) is 5.11 Å². The van der Waals surface area contributed by atoms with E-state index in [9.17, 15) is 5.11 Å². The van der Waals surface area contributed by atoms with Crippen molar-refractivity contribution in [3.05, 3.63) is 56.5 Å². The molecule has 0 radical (unpaired) electrons. The predicted molar refractivity (Wildman–Crippen MR) is 81.6 cm³/mol. The van der Waals surface area contributed by atoms with Gasteiger partial charge in [-0.3, -0.25) is 0 Å².